The number of carbonyl (C=O) groups excluding carboxylic acids is 1. The molecule has 1 saturated heterocycles. The number of aliphatic hydroxyl groups excluding tert-OH is 1. The van der Waals surface area contributed by atoms with Gasteiger partial charge in [0.15, 0.2) is 0 Å². The Labute approximate surface area is 109 Å². The van der Waals surface area contributed by atoms with E-state index in [1.807, 2.05) is 18.2 Å². The average molecular weight is 299 g/mol. The predicted molar refractivity (Wildman–Crippen MR) is 69.9 cm³/mol. The van der Waals surface area contributed by atoms with E-state index < -0.39 is 0 Å². The molecule has 1 aromatic rings. The Hall–Kier alpha value is -1.07. The molecule has 1 aromatic carbocycles. The van der Waals surface area contributed by atoms with Crippen LogP contribution in [0.2, 0.25) is 0 Å². The van der Waals surface area contributed by atoms with E-state index in [1.54, 1.807) is 0 Å². The first-order chi connectivity index (χ1) is 8.20. The summed E-state index contributed by atoms with van der Waals surface area (Å²) in [5.41, 5.74) is 1.95. The molecule has 0 aliphatic carbocycles. The highest BCUT2D eigenvalue weighted by Gasteiger charge is 2.14. The lowest BCUT2D eigenvalue weighted by atomic mass is 10.2. The lowest BCUT2D eigenvalue weighted by Crippen LogP contribution is -2.28. The molecule has 1 aliphatic heterocycles. The van der Waals surface area contributed by atoms with E-state index in [9.17, 15) is 4.79 Å². The maximum absolute atomic E-state index is 11.2. The lowest BCUT2D eigenvalue weighted by molar-refractivity contribution is -0.120. The van der Waals surface area contributed by atoms with Crippen LogP contribution < -0.4 is 10.2 Å². The van der Waals surface area contributed by atoms with E-state index in [1.165, 1.54) is 0 Å². The second-order valence-electron chi connectivity index (χ2n) is 4.02. The highest BCUT2D eigenvalue weighted by atomic mass is 79.9. The normalized spacial score (nSPS) is 16.6. The zero-order chi connectivity index (χ0) is 12.3. The fourth-order valence-corrected chi connectivity index (χ4v) is 2.38. The van der Waals surface area contributed by atoms with Gasteiger partial charge in [0.2, 0.25) is 5.91 Å². The van der Waals surface area contributed by atoms with Gasteiger partial charge in [0.05, 0.1) is 6.61 Å². The highest BCUT2D eigenvalue weighted by Crippen LogP contribution is 2.24. The summed E-state index contributed by atoms with van der Waals surface area (Å²) in [6.07, 6.45) is 0.527. The zero-order valence-electron chi connectivity index (χ0n) is 9.45. The molecule has 0 unspecified atom stereocenters. The number of benzene rings is 1. The summed E-state index contributed by atoms with van der Waals surface area (Å²) in [7, 11) is 0. The summed E-state index contributed by atoms with van der Waals surface area (Å²) in [6.45, 7) is 2.26. The van der Waals surface area contributed by atoms with Gasteiger partial charge >= 0.3 is 0 Å². The van der Waals surface area contributed by atoms with E-state index >= 15 is 0 Å². The molecule has 0 atom stereocenters. The van der Waals surface area contributed by atoms with E-state index in [2.05, 4.69) is 26.1 Å². The van der Waals surface area contributed by atoms with Crippen molar-refractivity contribution in [1.82, 2.24) is 5.32 Å². The maximum atomic E-state index is 11.2. The Balaban J connectivity index is 2.16. The summed E-state index contributed by atoms with van der Waals surface area (Å²) in [5, 5.41) is 12.0. The third kappa shape index (κ3) is 2.98. The van der Waals surface area contributed by atoms with Crippen molar-refractivity contribution in [3.05, 3.63) is 28.2 Å². The molecule has 1 amide bonds. The van der Waals surface area contributed by atoms with Crippen LogP contribution in [-0.4, -0.2) is 30.6 Å². The van der Waals surface area contributed by atoms with Gasteiger partial charge in [-0.1, -0.05) is 22.0 Å². The first-order valence-electron chi connectivity index (χ1n) is 5.61. The van der Waals surface area contributed by atoms with E-state index in [0.717, 1.165) is 28.8 Å². The second kappa shape index (κ2) is 5.51. The molecule has 0 bridgehead atoms. The number of halogens is 1. The van der Waals surface area contributed by atoms with Gasteiger partial charge in [-0.3, -0.25) is 4.79 Å². The van der Waals surface area contributed by atoms with E-state index in [0.29, 0.717) is 13.0 Å². The summed E-state index contributed by atoms with van der Waals surface area (Å²) in [6, 6.07) is 5.87. The molecule has 17 heavy (non-hydrogen) atoms. The number of amides is 1. The van der Waals surface area contributed by atoms with Crippen molar-refractivity contribution in [2.75, 3.05) is 24.5 Å². The van der Waals surface area contributed by atoms with Gasteiger partial charge < -0.3 is 15.3 Å². The zero-order valence-corrected chi connectivity index (χ0v) is 11.0. The summed E-state index contributed by atoms with van der Waals surface area (Å²) in [4.78, 5) is 13.4. The van der Waals surface area contributed by atoms with Crippen LogP contribution in [0.3, 0.4) is 0 Å². The summed E-state index contributed by atoms with van der Waals surface area (Å²) in [5.74, 6) is 0.110. The van der Waals surface area contributed by atoms with Crippen LogP contribution in [0.4, 0.5) is 5.69 Å². The molecule has 0 spiro atoms. The van der Waals surface area contributed by atoms with Crippen molar-refractivity contribution in [2.24, 2.45) is 0 Å². The number of hydrogen-bond donors (Lipinski definition) is 2. The second-order valence-corrected chi connectivity index (χ2v) is 4.88. The van der Waals surface area contributed by atoms with Gasteiger partial charge in [-0.05, 0) is 17.7 Å². The highest BCUT2D eigenvalue weighted by molar-refractivity contribution is 9.10. The van der Waals surface area contributed by atoms with Crippen molar-refractivity contribution in [2.45, 2.75) is 13.0 Å². The Bertz CT molecular complexity index is 423. The minimum Gasteiger partial charge on any atom is -0.392 e. The lowest BCUT2D eigenvalue weighted by Gasteiger charge is -2.22. The predicted octanol–water partition coefficient (Wildman–Crippen LogP) is 1.27. The van der Waals surface area contributed by atoms with Crippen LogP contribution in [0.5, 0.6) is 0 Å². The molecule has 1 aliphatic rings. The average Bonchev–Trinajstić information content (AvgIpc) is 2.54. The third-order valence-corrected chi connectivity index (χ3v) is 3.62. The van der Waals surface area contributed by atoms with Crippen LogP contribution in [0.1, 0.15) is 12.0 Å². The summed E-state index contributed by atoms with van der Waals surface area (Å²) >= 11 is 3.44. The van der Waals surface area contributed by atoms with Gasteiger partial charge in [0.1, 0.15) is 0 Å². The Morgan fingerprint density at radius 2 is 2.24 bits per heavy atom. The number of nitrogens with one attached hydrogen (secondary N) is 1. The van der Waals surface area contributed by atoms with Gasteiger partial charge in [0, 0.05) is 36.2 Å². The van der Waals surface area contributed by atoms with Crippen LogP contribution in [0, 0.1) is 0 Å². The molecule has 0 radical (unpaired) electrons. The largest absolute Gasteiger partial charge is 0.392 e. The van der Waals surface area contributed by atoms with Gasteiger partial charge in [-0.25, -0.2) is 0 Å². The minimum absolute atomic E-state index is 0.0287. The smallest absolute Gasteiger partial charge is 0.221 e. The van der Waals surface area contributed by atoms with Crippen molar-refractivity contribution < 1.29 is 9.90 Å². The molecule has 0 saturated carbocycles. The molecule has 5 heteroatoms. The molecule has 4 nitrogen and oxygen atoms in total. The number of carbonyl (C=O) groups is 1. The molecular weight excluding hydrogens is 284 g/mol. The molecule has 2 rings (SSSR count). The number of aliphatic hydroxyl groups is 1. The first-order valence-corrected chi connectivity index (χ1v) is 6.41. The van der Waals surface area contributed by atoms with Gasteiger partial charge in [-0.15, -0.1) is 0 Å². The van der Waals surface area contributed by atoms with Gasteiger partial charge in [-0.2, -0.15) is 0 Å². The SMILES string of the molecule is O=C1CCN(c2ccc(CO)c(Br)c2)CCN1. The Morgan fingerprint density at radius 1 is 1.41 bits per heavy atom. The molecule has 2 N–H and O–H groups in total. The van der Waals surface area contributed by atoms with Crippen molar-refractivity contribution in [1.29, 1.82) is 0 Å². The molecular formula is C12H15BrN2O2. The van der Waals surface area contributed by atoms with Crippen LogP contribution >= 0.6 is 15.9 Å². The quantitative estimate of drug-likeness (QED) is 0.864. The Morgan fingerprint density at radius 3 is 2.94 bits per heavy atom. The molecule has 1 heterocycles. The third-order valence-electron chi connectivity index (χ3n) is 2.88. The Kier molecular flexibility index (Phi) is 4.02. The molecule has 0 aromatic heterocycles. The monoisotopic (exact) mass is 298 g/mol. The van der Waals surface area contributed by atoms with Gasteiger partial charge in [0.25, 0.3) is 0 Å². The number of anilines is 1. The van der Waals surface area contributed by atoms with Crippen molar-refractivity contribution in [3.63, 3.8) is 0 Å². The van der Waals surface area contributed by atoms with Crippen molar-refractivity contribution in [3.8, 4) is 0 Å². The summed E-state index contributed by atoms with van der Waals surface area (Å²) < 4.78 is 0.904. The first kappa shape index (κ1) is 12.4. The fraction of sp³-hybridized carbons (Fsp3) is 0.417. The van der Waals surface area contributed by atoms with E-state index in [-0.39, 0.29) is 12.5 Å². The van der Waals surface area contributed by atoms with Crippen molar-refractivity contribution >= 4 is 27.5 Å². The number of hydrogen-bond acceptors (Lipinski definition) is 3. The standard InChI is InChI=1S/C12H15BrN2O2/c13-11-7-10(2-1-9(11)8-16)15-5-3-12(17)14-4-6-15/h1-2,7,16H,3-6,8H2,(H,14,17). The molecule has 92 valence electrons. The van der Waals surface area contributed by atoms with Crippen LogP contribution in [0.15, 0.2) is 22.7 Å². The minimum atomic E-state index is 0.0287. The van der Waals surface area contributed by atoms with Crippen LogP contribution in [0.25, 0.3) is 0 Å². The van der Waals surface area contributed by atoms with E-state index in [4.69, 9.17) is 5.11 Å². The fourth-order valence-electron chi connectivity index (χ4n) is 1.89. The molecule has 1 fully saturated rings. The van der Waals surface area contributed by atoms with Crippen LogP contribution in [-0.2, 0) is 11.4 Å². The number of nitrogens with zero attached hydrogens (tertiary/aromatic N) is 1. The number of rotatable bonds is 2. The maximum Gasteiger partial charge on any atom is 0.221 e. The topological polar surface area (TPSA) is 52.6 Å².